The fourth-order valence-electron chi connectivity index (χ4n) is 3.43. The SMILES string of the molecule is CN(C(=O)OCC1c2ccccc2-c2ccccc21)[C@@H](CC(F)(F)F)C(=O)O. The fourth-order valence-corrected chi connectivity index (χ4v) is 3.43. The lowest BCUT2D eigenvalue weighted by Gasteiger charge is -2.25. The van der Waals surface area contributed by atoms with E-state index < -0.39 is 30.7 Å². The van der Waals surface area contributed by atoms with E-state index in [1.165, 1.54) is 0 Å². The molecule has 0 spiro atoms. The molecule has 0 aliphatic heterocycles. The zero-order valence-corrected chi connectivity index (χ0v) is 14.9. The smallest absolute Gasteiger partial charge is 0.410 e. The molecule has 1 atom stereocenters. The molecule has 0 aromatic heterocycles. The minimum Gasteiger partial charge on any atom is -0.480 e. The van der Waals surface area contributed by atoms with E-state index in [0.29, 0.717) is 4.90 Å². The molecule has 0 radical (unpaired) electrons. The van der Waals surface area contributed by atoms with Crippen LogP contribution in [0.1, 0.15) is 23.5 Å². The number of rotatable bonds is 5. The van der Waals surface area contributed by atoms with E-state index in [1.807, 2.05) is 48.5 Å². The molecule has 0 saturated carbocycles. The van der Waals surface area contributed by atoms with Gasteiger partial charge in [-0.05, 0) is 22.3 Å². The minimum atomic E-state index is -4.72. The summed E-state index contributed by atoms with van der Waals surface area (Å²) in [5, 5.41) is 9.05. The van der Waals surface area contributed by atoms with Gasteiger partial charge in [0.05, 0.1) is 6.42 Å². The summed E-state index contributed by atoms with van der Waals surface area (Å²) >= 11 is 0. The van der Waals surface area contributed by atoms with Crippen molar-refractivity contribution >= 4 is 12.1 Å². The van der Waals surface area contributed by atoms with Crippen molar-refractivity contribution in [2.45, 2.75) is 24.6 Å². The van der Waals surface area contributed by atoms with Crippen molar-refractivity contribution in [2.24, 2.45) is 0 Å². The number of nitrogens with zero attached hydrogens (tertiary/aromatic N) is 1. The maximum absolute atomic E-state index is 12.6. The van der Waals surface area contributed by atoms with Crippen LogP contribution in [-0.4, -0.2) is 47.9 Å². The average Bonchev–Trinajstić information content (AvgIpc) is 2.97. The molecule has 8 heteroatoms. The maximum Gasteiger partial charge on any atom is 0.410 e. The van der Waals surface area contributed by atoms with E-state index in [1.54, 1.807) is 0 Å². The minimum absolute atomic E-state index is 0.102. The van der Waals surface area contributed by atoms with Crippen LogP contribution in [0, 0.1) is 0 Å². The Kier molecular flexibility index (Phi) is 5.31. The molecule has 1 amide bonds. The Morgan fingerprint density at radius 3 is 2.04 bits per heavy atom. The maximum atomic E-state index is 12.6. The second-order valence-electron chi connectivity index (χ2n) is 6.59. The van der Waals surface area contributed by atoms with Gasteiger partial charge >= 0.3 is 18.2 Å². The quantitative estimate of drug-likeness (QED) is 0.824. The number of likely N-dealkylation sites (N-methyl/N-ethyl adjacent to an activating group) is 1. The Bertz CT molecular complexity index is 852. The van der Waals surface area contributed by atoms with Crippen molar-refractivity contribution in [1.82, 2.24) is 4.90 Å². The summed E-state index contributed by atoms with van der Waals surface area (Å²) in [6, 6.07) is 13.2. The zero-order valence-electron chi connectivity index (χ0n) is 14.9. The first kappa shape index (κ1) is 19.7. The first-order chi connectivity index (χ1) is 13.2. The van der Waals surface area contributed by atoms with E-state index in [9.17, 15) is 22.8 Å². The highest BCUT2D eigenvalue weighted by molar-refractivity contribution is 5.81. The molecule has 28 heavy (non-hydrogen) atoms. The van der Waals surface area contributed by atoms with Gasteiger partial charge in [0.15, 0.2) is 0 Å². The predicted molar refractivity (Wildman–Crippen MR) is 94.9 cm³/mol. The van der Waals surface area contributed by atoms with Crippen LogP contribution in [-0.2, 0) is 9.53 Å². The first-order valence-electron chi connectivity index (χ1n) is 8.56. The molecule has 148 valence electrons. The van der Waals surface area contributed by atoms with Crippen LogP contribution in [0.25, 0.3) is 11.1 Å². The second kappa shape index (κ2) is 7.53. The topological polar surface area (TPSA) is 66.8 Å². The Balaban J connectivity index is 1.75. The normalized spacial score (nSPS) is 14.1. The summed E-state index contributed by atoms with van der Waals surface area (Å²) in [7, 11) is 0.989. The highest BCUT2D eigenvalue weighted by Crippen LogP contribution is 2.44. The third kappa shape index (κ3) is 3.95. The van der Waals surface area contributed by atoms with Crippen LogP contribution >= 0.6 is 0 Å². The van der Waals surface area contributed by atoms with E-state index in [4.69, 9.17) is 9.84 Å². The number of halogens is 3. The number of carbonyl (C=O) groups excluding carboxylic acids is 1. The average molecular weight is 393 g/mol. The lowest BCUT2D eigenvalue weighted by Crippen LogP contribution is -2.45. The van der Waals surface area contributed by atoms with Gasteiger partial charge in [0.1, 0.15) is 12.6 Å². The van der Waals surface area contributed by atoms with E-state index in [0.717, 1.165) is 29.3 Å². The van der Waals surface area contributed by atoms with Gasteiger partial charge < -0.3 is 9.84 Å². The molecule has 5 nitrogen and oxygen atoms in total. The van der Waals surface area contributed by atoms with Crippen molar-refractivity contribution < 1.29 is 32.6 Å². The van der Waals surface area contributed by atoms with Crippen molar-refractivity contribution in [2.75, 3.05) is 13.7 Å². The molecule has 1 N–H and O–H groups in total. The number of carboxylic acid groups (broad SMARTS) is 1. The van der Waals surface area contributed by atoms with Gasteiger partial charge in [0, 0.05) is 13.0 Å². The summed E-state index contributed by atoms with van der Waals surface area (Å²) in [4.78, 5) is 23.9. The highest BCUT2D eigenvalue weighted by Gasteiger charge is 2.40. The predicted octanol–water partition coefficient (Wildman–Crippen LogP) is 4.27. The third-order valence-electron chi connectivity index (χ3n) is 4.80. The number of aliphatic carboxylic acids is 1. The van der Waals surface area contributed by atoms with Crippen LogP contribution in [0.15, 0.2) is 48.5 Å². The van der Waals surface area contributed by atoms with Crippen molar-refractivity contribution in [1.29, 1.82) is 0 Å². The summed E-state index contributed by atoms with van der Waals surface area (Å²) in [6.07, 6.45) is -7.48. The summed E-state index contributed by atoms with van der Waals surface area (Å²) in [6.45, 7) is -0.102. The molecule has 0 saturated heterocycles. The molecule has 0 heterocycles. The lowest BCUT2D eigenvalue weighted by atomic mass is 9.98. The summed E-state index contributed by atoms with van der Waals surface area (Å²) < 4.78 is 43.0. The number of alkyl halides is 3. The standard InChI is InChI=1S/C20H18F3NO4/c1-24(17(18(25)26)10-20(21,22)23)19(27)28-11-16-14-8-4-2-6-12(14)13-7-3-5-9-15(13)16/h2-9,16-17H,10-11H2,1H3,(H,25,26)/t17-/m0/s1. The van der Waals surface area contributed by atoms with Gasteiger partial charge in [-0.3, -0.25) is 4.90 Å². The molecule has 2 aromatic carbocycles. The molecule has 1 aliphatic carbocycles. The molecule has 0 unspecified atom stereocenters. The molecule has 1 aliphatic rings. The lowest BCUT2D eigenvalue weighted by molar-refractivity contribution is -0.164. The van der Waals surface area contributed by atoms with Crippen LogP contribution < -0.4 is 0 Å². The zero-order chi connectivity index (χ0) is 20.5. The molecule has 3 rings (SSSR count). The van der Waals surface area contributed by atoms with Gasteiger partial charge in [-0.1, -0.05) is 48.5 Å². The Hall–Kier alpha value is -3.03. The number of carboxylic acids is 1. The Labute approximate surface area is 159 Å². The number of hydrogen-bond acceptors (Lipinski definition) is 3. The molecule has 0 fully saturated rings. The molecule has 0 bridgehead atoms. The van der Waals surface area contributed by atoms with Crippen LogP contribution in [0.2, 0.25) is 0 Å². The van der Waals surface area contributed by atoms with E-state index >= 15 is 0 Å². The van der Waals surface area contributed by atoms with Crippen LogP contribution in [0.3, 0.4) is 0 Å². The van der Waals surface area contributed by atoms with Crippen LogP contribution in [0.5, 0.6) is 0 Å². The first-order valence-corrected chi connectivity index (χ1v) is 8.56. The third-order valence-corrected chi connectivity index (χ3v) is 4.80. The van der Waals surface area contributed by atoms with Crippen LogP contribution in [0.4, 0.5) is 18.0 Å². The van der Waals surface area contributed by atoms with E-state index in [-0.39, 0.29) is 12.5 Å². The van der Waals surface area contributed by atoms with Gasteiger partial charge in [0.2, 0.25) is 0 Å². The van der Waals surface area contributed by atoms with Gasteiger partial charge in [-0.15, -0.1) is 0 Å². The molecular weight excluding hydrogens is 375 g/mol. The number of ether oxygens (including phenoxy) is 1. The molecular formula is C20H18F3NO4. The summed E-state index contributed by atoms with van der Waals surface area (Å²) in [5.41, 5.74) is 3.91. The number of amides is 1. The van der Waals surface area contributed by atoms with Gasteiger partial charge in [-0.25, -0.2) is 9.59 Å². The summed E-state index contributed by atoms with van der Waals surface area (Å²) in [5.74, 6) is -2.01. The highest BCUT2D eigenvalue weighted by atomic mass is 19.4. The van der Waals surface area contributed by atoms with Crippen molar-refractivity contribution in [3.8, 4) is 11.1 Å². The number of carbonyl (C=O) groups is 2. The molecule has 2 aromatic rings. The largest absolute Gasteiger partial charge is 0.480 e. The van der Waals surface area contributed by atoms with Crippen molar-refractivity contribution in [3.05, 3.63) is 59.7 Å². The monoisotopic (exact) mass is 393 g/mol. The number of hydrogen-bond donors (Lipinski definition) is 1. The Morgan fingerprint density at radius 2 is 1.57 bits per heavy atom. The van der Waals surface area contributed by atoms with Gasteiger partial charge in [-0.2, -0.15) is 13.2 Å². The van der Waals surface area contributed by atoms with Gasteiger partial charge in [0.25, 0.3) is 0 Å². The van der Waals surface area contributed by atoms with E-state index in [2.05, 4.69) is 0 Å². The van der Waals surface area contributed by atoms with Crippen molar-refractivity contribution in [3.63, 3.8) is 0 Å². The number of fused-ring (bicyclic) bond motifs is 3. The number of benzene rings is 2. The fraction of sp³-hybridized carbons (Fsp3) is 0.300. The second-order valence-corrected chi connectivity index (χ2v) is 6.59. The Morgan fingerprint density at radius 1 is 1.07 bits per heavy atom.